The van der Waals surface area contributed by atoms with Gasteiger partial charge < -0.3 is 14.2 Å². The molecule has 0 heterocycles. The van der Waals surface area contributed by atoms with Crippen LogP contribution in [0.5, 0.6) is 17.2 Å². The zero-order valence-electron chi connectivity index (χ0n) is 15.0. The lowest BCUT2D eigenvalue weighted by Gasteiger charge is -2.16. The van der Waals surface area contributed by atoms with E-state index in [0.29, 0.717) is 38.8 Å². The van der Waals surface area contributed by atoms with E-state index in [-0.39, 0.29) is 24.8 Å². The fourth-order valence-electron chi connectivity index (χ4n) is 2.80. The average molecular weight is 352 g/mol. The van der Waals surface area contributed by atoms with E-state index in [2.05, 4.69) is 0 Å². The van der Waals surface area contributed by atoms with Crippen molar-refractivity contribution in [1.29, 1.82) is 0 Å². The number of esters is 2. The quantitative estimate of drug-likeness (QED) is 0.380. The summed E-state index contributed by atoms with van der Waals surface area (Å²) in [6.07, 6.45) is 0.519. The third-order valence-corrected chi connectivity index (χ3v) is 4.14. The summed E-state index contributed by atoms with van der Waals surface area (Å²) in [4.78, 5) is 24.0. The third-order valence-electron chi connectivity index (χ3n) is 4.14. The van der Waals surface area contributed by atoms with Crippen LogP contribution in [0, 0.1) is 0 Å². The van der Waals surface area contributed by atoms with Crippen LogP contribution in [0.1, 0.15) is 26.7 Å². The Morgan fingerprint density at radius 1 is 0.769 bits per heavy atom. The molecule has 0 fully saturated rings. The van der Waals surface area contributed by atoms with Gasteiger partial charge >= 0.3 is 11.9 Å². The van der Waals surface area contributed by atoms with Crippen LogP contribution in [0.25, 0.3) is 21.5 Å². The summed E-state index contributed by atoms with van der Waals surface area (Å²) < 4.78 is 16.6. The number of methoxy groups -OCH3 is 1. The molecule has 0 spiro atoms. The predicted molar refractivity (Wildman–Crippen MR) is 99.9 cm³/mol. The Morgan fingerprint density at radius 2 is 1.27 bits per heavy atom. The van der Waals surface area contributed by atoms with Crippen LogP contribution >= 0.6 is 0 Å². The lowest BCUT2D eigenvalue weighted by atomic mass is 10.00. The monoisotopic (exact) mass is 352 g/mol. The second-order valence-electron chi connectivity index (χ2n) is 5.77. The van der Waals surface area contributed by atoms with E-state index in [4.69, 9.17) is 14.2 Å². The minimum absolute atomic E-state index is 0.256. The molecule has 3 rings (SSSR count). The van der Waals surface area contributed by atoms with Crippen LogP contribution in [-0.4, -0.2) is 19.0 Å². The summed E-state index contributed by atoms with van der Waals surface area (Å²) in [7, 11) is 1.57. The zero-order chi connectivity index (χ0) is 18.7. The summed E-state index contributed by atoms with van der Waals surface area (Å²) in [6, 6.07) is 12.8. The number of fused-ring (bicyclic) bond motifs is 2. The first kappa shape index (κ1) is 17.7. The van der Waals surface area contributed by atoms with E-state index in [1.807, 2.05) is 30.3 Å². The molecule has 0 saturated heterocycles. The second kappa shape index (κ2) is 7.44. The fourth-order valence-corrected chi connectivity index (χ4v) is 2.80. The van der Waals surface area contributed by atoms with E-state index in [1.165, 1.54) is 0 Å². The Labute approximate surface area is 151 Å². The maximum absolute atomic E-state index is 12.0. The van der Waals surface area contributed by atoms with Gasteiger partial charge in [0.25, 0.3) is 0 Å². The molecule has 0 aromatic heterocycles. The SMILES string of the molecule is CCC(=O)Oc1c2ccccc2c(OC(=O)CC)c2cc(OC)ccc12. The lowest BCUT2D eigenvalue weighted by molar-refractivity contribution is -0.134. The molecule has 3 aromatic carbocycles. The Morgan fingerprint density at radius 3 is 1.77 bits per heavy atom. The summed E-state index contributed by atoms with van der Waals surface area (Å²) in [5.41, 5.74) is 0. The van der Waals surface area contributed by atoms with Crippen LogP contribution in [-0.2, 0) is 9.59 Å². The van der Waals surface area contributed by atoms with Gasteiger partial charge in [-0.3, -0.25) is 9.59 Å². The first-order valence-corrected chi connectivity index (χ1v) is 8.52. The highest BCUT2D eigenvalue weighted by Crippen LogP contribution is 2.44. The molecular formula is C21H20O5. The zero-order valence-corrected chi connectivity index (χ0v) is 15.0. The van der Waals surface area contributed by atoms with Crippen LogP contribution in [0.4, 0.5) is 0 Å². The molecular weight excluding hydrogens is 332 g/mol. The predicted octanol–water partition coefficient (Wildman–Crippen LogP) is 4.63. The Kier molecular flexibility index (Phi) is 5.07. The Balaban J connectivity index is 2.40. The molecule has 0 N–H and O–H groups in total. The molecule has 5 nitrogen and oxygen atoms in total. The Bertz CT molecular complexity index is 991. The standard InChI is InChI=1S/C21H20O5/c1-4-18(22)25-20-14-8-6-7-9-15(14)21(26-19(23)5-2)17-12-13(24-3)10-11-16(17)20/h6-12H,4-5H2,1-3H3. The van der Waals surface area contributed by atoms with Gasteiger partial charge in [0.2, 0.25) is 0 Å². The molecule has 0 saturated carbocycles. The first-order chi connectivity index (χ1) is 12.6. The molecule has 26 heavy (non-hydrogen) atoms. The maximum atomic E-state index is 12.0. The molecule has 0 aliphatic heterocycles. The normalized spacial score (nSPS) is 10.7. The van der Waals surface area contributed by atoms with Crippen molar-refractivity contribution in [3.8, 4) is 17.2 Å². The fraction of sp³-hybridized carbons (Fsp3) is 0.238. The van der Waals surface area contributed by atoms with Crippen LogP contribution in [0.3, 0.4) is 0 Å². The van der Waals surface area contributed by atoms with E-state index < -0.39 is 0 Å². The molecule has 0 aliphatic carbocycles. The molecule has 0 unspecified atom stereocenters. The second-order valence-corrected chi connectivity index (χ2v) is 5.77. The molecule has 0 atom stereocenters. The Hall–Kier alpha value is -3.08. The highest BCUT2D eigenvalue weighted by atomic mass is 16.5. The van der Waals surface area contributed by atoms with Crippen molar-refractivity contribution < 1.29 is 23.8 Å². The third kappa shape index (κ3) is 3.20. The van der Waals surface area contributed by atoms with Crippen molar-refractivity contribution in [3.05, 3.63) is 42.5 Å². The van der Waals surface area contributed by atoms with Gasteiger partial charge in [-0.25, -0.2) is 0 Å². The van der Waals surface area contributed by atoms with E-state index in [1.54, 1.807) is 33.1 Å². The van der Waals surface area contributed by atoms with Crippen LogP contribution in [0.2, 0.25) is 0 Å². The summed E-state index contributed by atoms with van der Waals surface area (Å²) in [5, 5.41) is 2.76. The van der Waals surface area contributed by atoms with Gasteiger partial charge in [-0.15, -0.1) is 0 Å². The van der Waals surface area contributed by atoms with Gasteiger partial charge in [-0.05, 0) is 18.2 Å². The average Bonchev–Trinajstić information content (AvgIpc) is 2.69. The summed E-state index contributed by atoms with van der Waals surface area (Å²) in [6.45, 7) is 3.48. The number of rotatable bonds is 5. The maximum Gasteiger partial charge on any atom is 0.310 e. The highest BCUT2D eigenvalue weighted by molar-refractivity contribution is 6.13. The van der Waals surface area contributed by atoms with E-state index >= 15 is 0 Å². The lowest BCUT2D eigenvalue weighted by Crippen LogP contribution is -2.09. The van der Waals surface area contributed by atoms with Crippen molar-refractivity contribution in [3.63, 3.8) is 0 Å². The van der Waals surface area contributed by atoms with Gasteiger partial charge in [-0.1, -0.05) is 38.1 Å². The first-order valence-electron chi connectivity index (χ1n) is 8.52. The smallest absolute Gasteiger partial charge is 0.310 e. The number of benzene rings is 3. The van der Waals surface area contributed by atoms with Crippen molar-refractivity contribution in [2.24, 2.45) is 0 Å². The minimum atomic E-state index is -0.336. The van der Waals surface area contributed by atoms with E-state index in [9.17, 15) is 9.59 Å². The topological polar surface area (TPSA) is 61.8 Å². The van der Waals surface area contributed by atoms with Crippen molar-refractivity contribution >= 4 is 33.5 Å². The minimum Gasteiger partial charge on any atom is -0.497 e. The van der Waals surface area contributed by atoms with Gasteiger partial charge in [-0.2, -0.15) is 0 Å². The van der Waals surface area contributed by atoms with Crippen molar-refractivity contribution in [2.75, 3.05) is 7.11 Å². The van der Waals surface area contributed by atoms with Gasteiger partial charge in [0, 0.05) is 34.4 Å². The molecule has 3 aromatic rings. The molecule has 0 amide bonds. The number of hydrogen-bond donors (Lipinski definition) is 0. The number of hydrogen-bond acceptors (Lipinski definition) is 5. The van der Waals surface area contributed by atoms with Gasteiger partial charge in [0.1, 0.15) is 17.2 Å². The molecule has 5 heteroatoms. The van der Waals surface area contributed by atoms with E-state index in [0.717, 1.165) is 0 Å². The molecule has 0 aliphatic rings. The van der Waals surface area contributed by atoms with Crippen LogP contribution < -0.4 is 14.2 Å². The summed E-state index contributed by atoms with van der Waals surface area (Å²) >= 11 is 0. The van der Waals surface area contributed by atoms with Gasteiger partial charge in [0.15, 0.2) is 0 Å². The molecule has 134 valence electrons. The number of ether oxygens (including phenoxy) is 3. The van der Waals surface area contributed by atoms with Crippen molar-refractivity contribution in [1.82, 2.24) is 0 Å². The number of carbonyl (C=O) groups is 2. The van der Waals surface area contributed by atoms with Crippen LogP contribution in [0.15, 0.2) is 42.5 Å². The van der Waals surface area contributed by atoms with Gasteiger partial charge in [0.05, 0.1) is 7.11 Å². The number of carbonyl (C=O) groups excluding carboxylic acids is 2. The largest absolute Gasteiger partial charge is 0.497 e. The highest BCUT2D eigenvalue weighted by Gasteiger charge is 2.19. The molecule has 0 radical (unpaired) electrons. The summed E-state index contributed by atoms with van der Waals surface area (Å²) in [5.74, 6) is 0.858. The van der Waals surface area contributed by atoms with Crippen molar-refractivity contribution in [2.45, 2.75) is 26.7 Å². The molecule has 0 bridgehead atoms.